The Labute approximate surface area is 133 Å². The largest absolute Gasteiger partial charge is 0.479 e. The molecule has 2 aromatic rings. The van der Waals surface area contributed by atoms with Crippen LogP contribution < -0.4 is 10.1 Å². The van der Waals surface area contributed by atoms with Crippen molar-refractivity contribution in [1.29, 1.82) is 0 Å². The molecule has 0 spiro atoms. The summed E-state index contributed by atoms with van der Waals surface area (Å²) in [6.45, 7) is 4.55. The zero-order valence-corrected chi connectivity index (χ0v) is 12.9. The third kappa shape index (κ3) is 4.57. The Bertz CT molecular complexity index is 693. The summed E-state index contributed by atoms with van der Waals surface area (Å²) in [7, 11) is 0. The summed E-state index contributed by atoms with van der Waals surface area (Å²) in [4.78, 5) is 22.2. The van der Waals surface area contributed by atoms with Gasteiger partial charge in [0, 0.05) is 12.6 Å². The molecule has 1 N–H and O–H groups in total. The van der Waals surface area contributed by atoms with E-state index in [0.717, 1.165) is 0 Å². The number of ether oxygens (including phenoxy) is 1. The molecular weight excluding hydrogens is 300 g/mol. The average Bonchev–Trinajstić information content (AvgIpc) is 2.99. The van der Waals surface area contributed by atoms with Crippen LogP contribution in [0.5, 0.6) is 5.75 Å². The van der Waals surface area contributed by atoms with Crippen LogP contribution in [0.25, 0.3) is 0 Å². The number of rotatable bonds is 7. The van der Waals surface area contributed by atoms with Gasteiger partial charge in [0.25, 0.3) is 5.91 Å². The van der Waals surface area contributed by atoms with Crippen LogP contribution in [-0.2, 0) is 6.61 Å². The minimum atomic E-state index is -0.512. The number of furan rings is 1. The second kappa shape index (κ2) is 7.44. The summed E-state index contributed by atoms with van der Waals surface area (Å²) in [5.74, 6) is 0.801. The van der Waals surface area contributed by atoms with Gasteiger partial charge in [-0.05, 0) is 24.1 Å². The minimum Gasteiger partial charge on any atom is -0.479 e. The van der Waals surface area contributed by atoms with E-state index in [4.69, 9.17) is 9.15 Å². The average molecular weight is 318 g/mol. The molecule has 0 atom stereocenters. The van der Waals surface area contributed by atoms with Gasteiger partial charge in [-0.25, -0.2) is 0 Å². The predicted molar refractivity (Wildman–Crippen MR) is 83.3 cm³/mol. The molecule has 1 heterocycles. The van der Waals surface area contributed by atoms with Gasteiger partial charge in [-0.3, -0.25) is 14.9 Å². The maximum Gasteiger partial charge on any atom is 0.310 e. The molecule has 0 aliphatic carbocycles. The highest BCUT2D eigenvalue weighted by Crippen LogP contribution is 2.26. The number of nitro benzene ring substituents is 1. The van der Waals surface area contributed by atoms with Crippen LogP contribution in [0.1, 0.15) is 30.2 Å². The van der Waals surface area contributed by atoms with Crippen molar-refractivity contribution in [2.45, 2.75) is 20.5 Å². The number of carbonyl (C=O) groups excluding carboxylic acids is 1. The van der Waals surface area contributed by atoms with E-state index >= 15 is 0 Å². The third-order valence-corrected chi connectivity index (χ3v) is 2.99. The molecular formula is C16H18N2O5. The maximum atomic E-state index is 11.8. The van der Waals surface area contributed by atoms with Crippen molar-refractivity contribution in [1.82, 2.24) is 5.32 Å². The molecule has 0 bridgehead atoms. The summed E-state index contributed by atoms with van der Waals surface area (Å²) < 4.78 is 10.8. The van der Waals surface area contributed by atoms with Crippen LogP contribution >= 0.6 is 0 Å². The molecule has 1 aromatic heterocycles. The number of amides is 1. The summed E-state index contributed by atoms with van der Waals surface area (Å²) >= 11 is 0. The molecule has 0 aliphatic heterocycles. The van der Waals surface area contributed by atoms with Crippen LogP contribution in [0.3, 0.4) is 0 Å². The van der Waals surface area contributed by atoms with Gasteiger partial charge < -0.3 is 14.5 Å². The third-order valence-electron chi connectivity index (χ3n) is 2.99. The highest BCUT2D eigenvalue weighted by Gasteiger charge is 2.15. The first-order chi connectivity index (χ1) is 11.0. The Balaban J connectivity index is 1.98. The molecule has 0 saturated carbocycles. The van der Waals surface area contributed by atoms with Gasteiger partial charge in [0.1, 0.15) is 12.4 Å². The normalized spacial score (nSPS) is 10.6. The molecule has 7 nitrogen and oxygen atoms in total. The van der Waals surface area contributed by atoms with E-state index in [1.807, 2.05) is 13.8 Å². The van der Waals surface area contributed by atoms with Crippen molar-refractivity contribution in [2.75, 3.05) is 6.54 Å². The second-order valence-corrected chi connectivity index (χ2v) is 5.38. The molecule has 7 heteroatoms. The molecule has 2 rings (SSSR count). The first-order valence-corrected chi connectivity index (χ1v) is 7.20. The highest BCUT2D eigenvalue weighted by atomic mass is 16.6. The van der Waals surface area contributed by atoms with E-state index in [0.29, 0.717) is 18.2 Å². The fraction of sp³-hybridized carbons (Fsp3) is 0.312. The Morgan fingerprint density at radius 1 is 1.30 bits per heavy atom. The van der Waals surface area contributed by atoms with Gasteiger partial charge in [-0.1, -0.05) is 26.0 Å². The van der Waals surface area contributed by atoms with Crippen LogP contribution in [0.2, 0.25) is 0 Å². The van der Waals surface area contributed by atoms with E-state index < -0.39 is 4.92 Å². The number of nitrogens with zero attached hydrogens (tertiary/aromatic N) is 1. The van der Waals surface area contributed by atoms with E-state index in [1.54, 1.807) is 24.3 Å². The van der Waals surface area contributed by atoms with E-state index in [-0.39, 0.29) is 29.7 Å². The Hall–Kier alpha value is -2.83. The Morgan fingerprint density at radius 3 is 2.74 bits per heavy atom. The maximum absolute atomic E-state index is 11.8. The fourth-order valence-corrected chi connectivity index (χ4v) is 1.84. The van der Waals surface area contributed by atoms with Crippen LogP contribution in [-0.4, -0.2) is 17.4 Å². The molecule has 1 aromatic carbocycles. The second-order valence-electron chi connectivity index (χ2n) is 5.38. The quantitative estimate of drug-likeness (QED) is 0.625. The smallest absolute Gasteiger partial charge is 0.310 e. The van der Waals surface area contributed by atoms with Crippen molar-refractivity contribution in [3.05, 3.63) is 58.0 Å². The molecule has 122 valence electrons. The lowest BCUT2D eigenvalue weighted by Gasteiger charge is -2.06. The van der Waals surface area contributed by atoms with Crippen molar-refractivity contribution >= 4 is 11.6 Å². The molecule has 0 radical (unpaired) electrons. The van der Waals surface area contributed by atoms with Gasteiger partial charge in [0.15, 0.2) is 11.5 Å². The van der Waals surface area contributed by atoms with Crippen molar-refractivity contribution in [3.63, 3.8) is 0 Å². The van der Waals surface area contributed by atoms with E-state index in [2.05, 4.69) is 5.32 Å². The Morgan fingerprint density at radius 2 is 2.04 bits per heavy atom. The monoisotopic (exact) mass is 318 g/mol. The van der Waals surface area contributed by atoms with Gasteiger partial charge in [0.05, 0.1) is 4.92 Å². The number of hydrogen-bond acceptors (Lipinski definition) is 5. The molecule has 0 fully saturated rings. The number of hydrogen-bond donors (Lipinski definition) is 1. The number of para-hydroxylation sites is 2. The number of nitrogens with one attached hydrogen (secondary N) is 1. The molecule has 23 heavy (non-hydrogen) atoms. The topological polar surface area (TPSA) is 94.6 Å². The zero-order valence-electron chi connectivity index (χ0n) is 12.9. The van der Waals surface area contributed by atoms with Crippen LogP contribution in [0, 0.1) is 16.0 Å². The van der Waals surface area contributed by atoms with Gasteiger partial charge in [-0.2, -0.15) is 0 Å². The van der Waals surface area contributed by atoms with Gasteiger partial charge >= 0.3 is 5.69 Å². The number of carbonyl (C=O) groups is 1. The lowest BCUT2D eigenvalue weighted by Crippen LogP contribution is -2.26. The zero-order chi connectivity index (χ0) is 16.8. The first-order valence-electron chi connectivity index (χ1n) is 7.20. The number of nitro groups is 1. The molecule has 0 saturated heterocycles. The standard InChI is InChI=1S/C16H18N2O5/c1-11(2)9-17-16(19)15-8-7-12(23-15)10-22-14-6-4-3-5-13(14)18(20)21/h3-8,11H,9-10H2,1-2H3,(H,17,19). The van der Waals surface area contributed by atoms with Gasteiger partial charge in [-0.15, -0.1) is 0 Å². The summed E-state index contributed by atoms with van der Waals surface area (Å²) in [6, 6.07) is 9.25. The SMILES string of the molecule is CC(C)CNC(=O)c1ccc(COc2ccccc2[N+](=O)[O-])o1. The summed E-state index contributed by atoms with van der Waals surface area (Å²) in [5, 5.41) is 13.6. The molecule has 0 unspecified atom stereocenters. The lowest BCUT2D eigenvalue weighted by atomic mass is 10.2. The van der Waals surface area contributed by atoms with Crippen molar-refractivity contribution in [3.8, 4) is 5.75 Å². The van der Waals surface area contributed by atoms with E-state index in [1.165, 1.54) is 12.1 Å². The minimum absolute atomic E-state index is 0.00230. The van der Waals surface area contributed by atoms with Crippen LogP contribution in [0.15, 0.2) is 40.8 Å². The molecule has 0 aliphatic rings. The highest BCUT2D eigenvalue weighted by molar-refractivity contribution is 5.91. The Kier molecular flexibility index (Phi) is 5.35. The van der Waals surface area contributed by atoms with E-state index in [9.17, 15) is 14.9 Å². The summed E-state index contributed by atoms with van der Waals surface area (Å²) in [5.41, 5.74) is -0.117. The van der Waals surface area contributed by atoms with Gasteiger partial charge in [0.2, 0.25) is 0 Å². The number of benzene rings is 1. The first kappa shape index (κ1) is 16.5. The van der Waals surface area contributed by atoms with Crippen molar-refractivity contribution in [2.24, 2.45) is 5.92 Å². The predicted octanol–water partition coefficient (Wildman–Crippen LogP) is 3.15. The lowest BCUT2D eigenvalue weighted by molar-refractivity contribution is -0.386. The fourth-order valence-electron chi connectivity index (χ4n) is 1.84. The van der Waals surface area contributed by atoms with Crippen molar-refractivity contribution < 1.29 is 18.9 Å². The van der Waals surface area contributed by atoms with Crippen LogP contribution in [0.4, 0.5) is 5.69 Å². The molecule has 1 amide bonds. The summed E-state index contributed by atoms with van der Waals surface area (Å²) in [6.07, 6.45) is 0.